The molecule has 0 radical (unpaired) electrons. The van der Waals surface area contributed by atoms with Crippen molar-refractivity contribution < 1.29 is 14.3 Å². The van der Waals surface area contributed by atoms with Crippen LogP contribution in [0.3, 0.4) is 0 Å². The number of aromatic nitrogens is 4. The van der Waals surface area contributed by atoms with E-state index in [1.165, 1.54) is 0 Å². The van der Waals surface area contributed by atoms with E-state index in [1.54, 1.807) is 9.80 Å². The minimum Gasteiger partial charge on any atom is -0.378 e. The maximum absolute atomic E-state index is 12.7. The van der Waals surface area contributed by atoms with E-state index in [0.717, 1.165) is 35.6 Å². The summed E-state index contributed by atoms with van der Waals surface area (Å²) in [7, 11) is 0. The highest BCUT2D eigenvalue weighted by atomic mass is 35.5. The molecule has 2 aromatic carbocycles. The van der Waals surface area contributed by atoms with E-state index in [4.69, 9.17) is 39.5 Å². The van der Waals surface area contributed by atoms with Crippen molar-refractivity contribution in [2.75, 3.05) is 31.2 Å². The number of hydrogen-bond acceptors (Lipinski definition) is 8. The van der Waals surface area contributed by atoms with Gasteiger partial charge in [-0.3, -0.25) is 9.59 Å². The summed E-state index contributed by atoms with van der Waals surface area (Å²) in [6.07, 6.45) is 0. The van der Waals surface area contributed by atoms with Gasteiger partial charge in [-0.15, -0.1) is 0 Å². The minimum absolute atomic E-state index is 0. The van der Waals surface area contributed by atoms with Crippen molar-refractivity contribution in [2.24, 2.45) is 0 Å². The fourth-order valence-corrected chi connectivity index (χ4v) is 5.85. The number of halogens is 3. The van der Waals surface area contributed by atoms with Crippen molar-refractivity contribution in [3.63, 3.8) is 0 Å². The van der Waals surface area contributed by atoms with Gasteiger partial charge in [-0.1, -0.05) is 87.1 Å². The van der Waals surface area contributed by atoms with Crippen LogP contribution in [-0.2, 0) is 30.9 Å². The first kappa shape index (κ1) is 34.1. The molecule has 0 spiro atoms. The number of hydrogen-bond donors (Lipinski definition) is 0. The van der Waals surface area contributed by atoms with E-state index in [9.17, 15) is 9.59 Å². The van der Waals surface area contributed by atoms with Crippen LogP contribution in [0, 0.1) is 0 Å². The summed E-state index contributed by atoms with van der Waals surface area (Å²) in [6, 6.07) is 19.7. The molecule has 1 saturated heterocycles. The Morgan fingerprint density at radius 2 is 1.11 bits per heavy atom. The van der Waals surface area contributed by atoms with Gasteiger partial charge in [0.1, 0.15) is 22.4 Å². The lowest BCUT2D eigenvalue weighted by atomic mass is 10.2. The largest absolute Gasteiger partial charge is 0.378 e. The molecular formula is C32H34Cl3N7O3. The Hall–Kier alpha value is -3.83. The van der Waals surface area contributed by atoms with Crippen molar-refractivity contribution in [3.8, 4) is 0 Å². The summed E-state index contributed by atoms with van der Waals surface area (Å²) < 4.78 is 5.40. The lowest BCUT2D eigenvalue weighted by Gasteiger charge is -2.29. The molecule has 5 heterocycles. The number of rotatable bonds is 5. The molecule has 4 aromatic rings. The average Bonchev–Trinajstić information content (AvgIpc) is 3.50. The number of morpholine rings is 1. The zero-order chi connectivity index (χ0) is 29.9. The van der Waals surface area contributed by atoms with Gasteiger partial charge in [0.2, 0.25) is 10.6 Å². The summed E-state index contributed by atoms with van der Waals surface area (Å²) in [6.45, 7) is 4.78. The summed E-state index contributed by atoms with van der Waals surface area (Å²) in [5.74, 6) is 0.509. The summed E-state index contributed by atoms with van der Waals surface area (Å²) in [5.41, 5.74) is 4.38. The molecule has 3 aliphatic heterocycles. The normalized spacial score (nSPS) is 15.0. The molecule has 236 valence electrons. The van der Waals surface area contributed by atoms with E-state index in [2.05, 4.69) is 24.8 Å². The Bertz CT molecular complexity index is 1660. The Morgan fingerprint density at radius 1 is 0.644 bits per heavy atom. The number of anilines is 1. The van der Waals surface area contributed by atoms with Gasteiger partial charge in [-0.2, -0.15) is 0 Å². The van der Waals surface area contributed by atoms with Crippen LogP contribution >= 0.6 is 34.8 Å². The Kier molecular flexibility index (Phi) is 11.3. The molecule has 1 fully saturated rings. The number of benzene rings is 2. The van der Waals surface area contributed by atoms with Crippen molar-refractivity contribution in [3.05, 3.63) is 110 Å². The van der Waals surface area contributed by atoms with Crippen LogP contribution in [0.4, 0.5) is 5.82 Å². The SMILES string of the molecule is C.C.O=C1c2nc(Cl)nc(Cl)c2CN1Cc1ccccc1.O=C1c2nc(Cl)nc(N3CCOCC3)c2CN1Cc1ccccc1. The summed E-state index contributed by atoms with van der Waals surface area (Å²) >= 11 is 17.8. The van der Waals surface area contributed by atoms with Gasteiger partial charge < -0.3 is 19.4 Å². The predicted molar refractivity (Wildman–Crippen MR) is 176 cm³/mol. The molecule has 13 heteroatoms. The molecular weight excluding hydrogens is 637 g/mol. The Labute approximate surface area is 277 Å². The third-order valence-corrected chi connectivity index (χ3v) is 7.96. The van der Waals surface area contributed by atoms with E-state index in [1.807, 2.05) is 60.7 Å². The minimum atomic E-state index is -0.162. The molecule has 3 aliphatic rings. The molecule has 10 nitrogen and oxygen atoms in total. The topological polar surface area (TPSA) is 105 Å². The second-order valence-corrected chi connectivity index (χ2v) is 11.2. The lowest BCUT2D eigenvalue weighted by Crippen LogP contribution is -2.37. The van der Waals surface area contributed by atoms with Crippen molar-refractivity contribution in [1.82, 2.24) is 29.7 Å². The second kappa shape index (κ2) is 15.0. The second-order valence-electron chi connectivity index (χ2n) is 10.1. The highest BCUT2D eigenvalue weighted by Crippen LogP contribution is 2.32. The molecule has 2 aromatic heterocycles. The number of fused-ring (bicyclic) bond motifs is 2. The first-order valence-electron chi connectivity index (χ1n) is 13.6. The Morgan fingerprint density at radius 3 is 1.64 bits per heavy atom. The number of nitrogens with zero attached hydrogens (tertiary/aromatic N) is 7. The zero-order valence-electron chi connectivity index (χ0n) is 22.9. The van der Waals surface area contributed by atoms with Gasteiger partial charge in [-0.25, -0.2) is 19.9 Å². The van der Waals surface area contributed by atoms with Gasteiger partial charge >= 0.3 is 0 Å². The van der Waals surface area contributed by atoms with Crippen molar-refractivity contribution in [2.45, 2.75) is 41.0 Å². The molecule has 45 heavy (non-hydrogen) atoms. The first-order chi connectivity index (χ1) is 20.9. The van der Waals surface area contributed by atoms with Crippen LogP contribution in [0.15, 0.2) is 60.7 Å². The fourth-order valence-electron chi connectivity index (χ4n) is 5.24. The highest BCUT2D eigenvalue weighted by Gasteiger charge is 2.35. The third-order valence-electron chi connectivity index (χ3n) is 7.31. The zero-order valence-corrected chi connectivity index (χ0v) is 25.2. The van der Waals surface area contributed by atoms with Crippen LogP contribution in [0.5, 0.6) is 0 Å². The van der Waals surface area contributed by atoms with Gasteiger partial charge in [0, 0.05) is 37.3 Å². The van der Waals surface area contributed by atoms with Gasteiger partial charge in [0.15, 0.2) is 0 Å². The molecule has 7 rings (SSSR count). The average molecular weight is 671 g/mol. The van der Waals surface area contributed by atoms with Gasteiger partial charge in [-0.05, 0) is 34.3 Å². The predicted octanol–water partition coefficient (Wildman–Crippen LogP) is 6.33. The molecule has 2 amide bonds. The molecule has 0 saturated carbocycles. The smallest absolute Gasteiger partial charge is 0.273 e. The van der Waals surface area contributed by atoms with Gasteiger partial charge in [0.05, 0.1) is 26.3 Å². The van der Waals surface area contributed by atoms with Crippen LogP contribution in [-0.4, -0.2) is 67.9 Å². The summed E-state index contributed by atoms with van der Waals surface area (Å²) in [4.78, 5) is 46.9. The third kappa shape index (κ3) is 7.53. The summed E-state index contributed by atoms with van der Waals surface area (Å²) in [5, 5.41) is 0.364. The standard InChI is InChI=1S/C17H17ClN4O2.C13H9Cl2N3O.2CH4/c18-17-19-14-13(15(20-17)21-6-8-24-9-7-21)11-22(16(14)23)10-12-4-2-1-3-5-12;14-11-9-7-18(6-8-4-2-1-3-5-8)12(19)10(9)16-13(15)17-11;;/h1-5H,6-11H2;1-5H,6-7H2;2*1H4. The number of amides is 2. The van der Waals surface area contributed by atoms with Crippen LogP contribution in [0.1, 0.15) is 58.1 Å². The molecule has 0 bridgehead atoms. The molecule has 0 unspecified atom stereocenters. The maximum atomic E-state index is 12.7. The maximum Gasteiger partial charge on any atom is 0.273 e. The first-order valence-corrected chi connectivity index (χ1v) is 14.8. The molecule has 0 aliphatic carbocycles. The number of ether oxygens (including phenoxy) is 1. The van der Waals surface area contributed by atoms with Crippen molar-refractivity contribution >= 4 is 52.4 Å². The van der Waals surface area contributed by atoms with Crippen LogP contribution < -0.4 is 4.90 Å². The monoisotopic (exact) mass is 669 g/mol. The quantitative estimate of drug-likeness (QED) is 0.179. The number of carbonyl (C=O) groups excluding carboxylic acids is 2. The van der Waals surface area contributed by atoms with Crippen LogP contribution in [0.25, 0.3) is 0 Å². The van der Waals surface area contributed by atoms with E-state index < -0.39 is 0 Å². The molecule has 0 atom stereocenters. The fraction of sp³-hybridized carbons (Fsp3) is 0.312. The number of carbonyl (C=O) groups is 2. The Balaban J connectivity index is 0.000000201. The van der Waals surface area contributed by atoms with E-state index >= 15 is 0 Å². The highest BCUT2D eigenvalue weighted by molar-refractivity contribution is 6.33. The lowest BCUT2D eigenvalue weighted by molar-refractivity contribution is 0.0755. The van der Waals surface area contributed by atoms with Crippen LogP contribution in [0.2, 0.25) is 15.7 Å². The molecule has 0 N–H and O–H groups in total. The van der Waals surface area contributed by atoms with Crippen molar-refractivity contribution in [1.29, 1.82) is 0 Å². The van der Waals surface area contributed by atoms with Gasteiger partial charge in [0.25, 0.3) is 11.8 Å². The van der Waals surface area contributed by atoms with E-state index in [-0.39, 0.29) is 42.4 Å². The van der Waals surface area contributed by atoms with E-state index in [0.29, 0.717) is 56.3 Å².